The van der Waals surface area contributed by atoms with Crippen LogP contribution in [0.2, 0.25) is 0 Å². The zero-order chi connectivity index (χ0) is 22.6. The Morgan fingerprint density at radius 3 is 2.65 bits per heavy atom. The largest absolute Gasteiger partial charge is 0.463 e. The van der Waals surface area contributed by atoms with Gasteiger partial charge in [-0.1, -0.05) is 33.3 Å². The molecule has 0 bridgehead atoms. The lowest BCUT2D eigenvalue weighted by atomic mass is 9.47. The first-order valence-corrected chi connectivity index (χ1v) is 12.7. The van der Waals surface area contributed by atoms with Crippen molar-refractivity contribution in [2.45, 2.75) is 98.5 Å². The normalized spacial score (nSPS) is 43.2. The van der Waals surface area contributed by atoms with Crippen molar-refractivity contribution < 1.29 is 19.4 Å². The van der Waals surface area contributed by atoms with Gasteiger partial charge in [0.2, 0.25) is 0 Å². The Morgan fingerprint density at radius 1 is 1.23 bits per heavy atom. The first-order chi connectivity index (χ1) is 14.6. The Bertz CT molecular complexity index is 769. The van der Waals surface area contributed by atoms with E-state index in [1.807, 2.05) is 0 Å². The smallest absolute Gasteiger partial charge is 0.302 e. The van der Waals surface area contributed by atoms with Gasteiger partial charge >= 0.3 is 5.97 Å². The van der Waals surface area contributed by atoms with Gasteiger partial charge in [-0.2, -0.15) is 0 Å². The molecule has 0 saturated heterocycles. The number of ether oxygens (including phenoxy) is 1. The predicted octanol–water partition coefficient (Wildman–Crippen LogP) is 5.47. The van der Waals surface area contributed by atoms with E-state index in [2.05, 4.69) is 27.7 Å². The van der Waals surface area contributed by atoms with Gasteiger partial charge in [0, 0.05) is 25.5 Å². The fourth-order valence-corrected chi connectivity index (χ4v) is 8.42. The number of allylic oxidation sites excluding steroid dienone is 2. The molecule has 0 aliphatic heterocycles. The number of ketones is 1. The number of carbonyl (C=O) groups excluding carboxylic acids is 2. The van der Waals surface area contributed by atoms with Gasteiger partial charge < -0.3 is 9.84 Å². The van der Waals surface area contributed by atoms with Crippen LogP contribution >= 0.6 is 0 Å². The van der Waals surface area contributed by atoms with Gasteiger partial charge in [-0.25, -0.2) is 0 Å². The second-order valence-electron chi connectivity index (χ2n) is 11.8. The van der Waals surface area contributed by atoms with E-state index in [0.29, 0.717) is 41.8 Å². The van der Waals surface area contributed by atoms with Crippen LogP contribution in [0.25, 0.3) is 0 Å². The highest BCUT2D eigenvalue weighted by Crippen LogP contribution is 2.66. The zero-order valence-corrected chi connectivity index (χ0v) is 20.2. The number of fused-ring (bicyclic) bond motifs is 4. The third kappa shape index (κ3) is 3.71. The summed E-state index contributed by atoms with van der Waals surface area (Å²) in [7, 11) is 0. The van der Waals surface area contributed by atoms with Crippen LogP contribution in [0.5, 0.6) is 0 Å². The molecule has 4 rings (SSSR count). The summed E-state index contributed by atoms with van der Waals surface area (Å²) < 4.78 is 5.61. The molecule has 8 atom stereocenters. The summed E-state index contributed by atoms with van der Waals surface area (Å²) in [5.41, 5.74) is 2.93. The SMILES string of the molecule is CC(=O)OC1CC[C@@]2(C)[C@H](C1)C[C@@H](C)C1=C3C(=O)C[C@H]([C@H](C)CCCO)[C@@]3(C)CC[C@@H]12. The van der Waals surface area contributed by atoms with Crippen LogP contribution in [0.15, 0.2) is 11.1 Å². The molecule has 0 aromatic carbocycles. The van der Waals surface area contributed by atoms with Crippen molar-refractivity contribution in [3.8, 4) is 0 Å². The summed E-state index contributed by atoms with van der Waals surface area (Å²) in [6.07, 6.45) is 9.01. The van der Waals surface area contributed by atoms with Crippen molar-refractivity contribution in [1.82, 2.24) is 0 Å². The predicted molar refractivity (Wildman–Crippen MR) is 121 cm³/mol. The summed E-state index contributed by atoms with van der Waals surface area (Å²) in [6, 6.07) is 0. The Kier molecular flexibility index (Phi) is 6.17. The van der Waals surface area contributed by atoms with Crippen molar-refractivity contribution in [2.24, 2.45) is 40.4 Å². The molecular formula is C27H42O4. The molecule has 0 spiro atoms. The summed E-state index contributed by atoms with van der Waals surface area (Å²) in [4.78, 5) is 25.0. The minimum atomic E-state index is -0.161. The van der Waals surface area contributed by atoms with Crippen LogP contribution in [-0.2, 0) is 14.3 Å². The highest BCUT2D eigenvalue weighted by atomic mass is 16.5. The van der Waals surface area contributed by atoms with E-state index in [9.17, 15) is 14.7 Å². The van der Waals surface area contributed by atoms with Gasteiger partial charge in [-0.15, -0.1) is 0 Å². The number of aliphatic hydroxyl groups excluding tert-OH is 1. The lowest BCUT2D eigenvalue weighted by molar-refractivity contribution is -0.153. The standard InChI is InChI=1S/C27H42O4/c1-16(7-6-12-28)22-15-23(30)25-24-17(2)13-19-14-20(31-18(3)29)8-10-26(19,4)21(24)9-11-27(22,25)5/h16-17,19-22,28H,6-15H2,1-5H3/t16-,17-,19+,20?,21+,22-,26+,27-/m1/s1. The Balaban J connectivity index is 1.65. The second kappa shape index (κ2) is 8.32. The maximum absolute atomic E-state index is 13.5. The molecule has 4 aliphatic carbocycles. The molecule has 174 valence electrons. The zero-order valence-electron chi connectivity index (χ0n) is 20.2. The molecule has 3 saturated carbocycles. The Morgan fingerprint density at radius 2 is 1.97 bits per heavy atom. The van der Waals surface area contributed by atoms with Crippen LogP contribution < -0.4 is 0 Å². The molecule has 0 radical (unpaired) electrons. The van der Waals surface area contributed by atoms with E-state index in [-0.39, 0.29) is 29.5 Å². The average Bonchev–Trinajstić information content (AvgIpc) is 2.98. The number of rotatable bonds is 5. The third-order valence-electron chi connectivity index (χ3n) is 9.98. The first kappa shape index (κ1) is 23.0. The number of hydrogen-bond donors (Lipinski definition) is 1. The van der Waals surface area contributed by atoms with Crippen LogP contribution in [0.3, 0.4) is 0 Å². The fourth-order valence-electron chi connectivity index (χ4n) is 8.42. The maximum Gasteiger partial charge on any atom is 0.302 e. The lowest BCUT2D eigenvalue weighted by Crippen LogP contribution is -2.51. The van der Waals surface area contributed by atoms with E-state index in [4.69, 9.17) is 4.74 Å². The molecule has 1 N–H and O–H groups in total. The van der Waals surface area contributed by atoms with Crippen molar-refractivity contribution in [3.63, 3.8) is 0 Å². The molecule has 3 fully saturated rings. The van der Waals surface area contributed by atoms with Gasteiger partial charge in [0.15, 0.2) is 5.78 Å². The number of carbonyl (C=O) groups is 2. The first-order valence-electron chi connectivity index (χ1n) is 12.7. The highest BCUT2D eigenvalue weighted by molar-refractivity contribution is 6.00. The minimum Gasteiger partial charge on any atom is -0.463 e. The van der Waals surface area contributed by atoms with Crippen molar-refractivity contribution in [3.05, 3.63) is 11.1 Å². The van der Waals surface area contributed by atoms with E-state index < -0.39 is 0 Å². The molecule has 4 nitrogen and oxygen atoms in total. The van der Waals surface area contributed by atoms with E-state index in [1.165, 1.54) is 24.5 Å². The lowest BCUT2D eigenvalue weighted by Gasteiger charge is -2.58. The van der Waals surface area contributed by atoms with Crippen LogP contribution in [0.1, 0.15) is 92.4 Å². The quantitative estimate of drug-likeness (QED) is 0.587. The van der Waals surface area contributed by atoms with Gasteiger partial charge in [-0.05, 0) is 91.8 Å². The van der Waals surface area contributed by atoms with Gasteiger partial charge in [-0.3, -0.25) is 9.59 Å². The number of hydrogen-bond acceptors (Lipinski definition) is 4. The fraction of sp³-hybridized carbons (Fsp3) is 0.852. The van der Waals surface area contributed by atoms with E-state index in [0.717, 1.165) is 44.9 Å². The molecular weight excluding hydrogens is 388 g/mol. The van der Waals surface area contributed by atoms with E-state index in [1.54, 1.807) is 0 Å². The monoisotopic (exact) mass is 430 g/mol. The number of aliphatic hydroxyl groups is 1. The summed E-state index contributed by atoms with van der Waals surface area (Å²) in [5.74, 6) is 2.62. The maximum atomic E-state index is 13.5. The summed E-state index contributed by atoms with van der Waals surface area (Å²) >= 11 is 0. The molecule has 31 heavy (non-hydrogen) atoms. The van der Waals surface area contributed by atoms with Crippen LogP contribution in [0.4, 0.5) is 0 Å². The third-order valence-corrected chi connectivity index (χ3v) is 9.98. The number of esters is 1. The molecule has 4 heteroatoms. The van der Waals surface area contributed by atoms with Gasteiger partial charge in [0.05, 0.1) is 0 Å². The van der Waals surface area contributed by atoms with Crippen LogP contribution in [0, 0.1) is 40.4 Å². The second-order valence-corrected chi connectivity index (χ2v) is 11.8. The molecule has 0 aromatic heterocycles. The van der Waals surface area contributed by atoms with Crippen molar-refractivity contribution in [2.75, 3.05) is 6.61 Å². The molecule has 0 aromatic rings. The Hall–Kier alpha value is -1.16. The van der Waals surface area contributed by atoms with Crippen molar-refractivity contribution in [1.29, 1.82) is 0 Å². The van der Waals surface area contributed by atoms with Crippen LogP contribution in [-0.4, -0.2) is 29.6 Å². The van der Waals surface area contributed by atoms with E-state index >= 15 is 0 Å². The molecule has 4 aliphatic rings. The highest BCUT2D eigenvalue weighted by Gasteiger charge is 2.59. The average molecular weight is 431 g/mol. The molecule has 0 heterocycles. The molecule has 1 unspecified atom stereocenters. The molecule has 0 amide bonds. The Labute approximate surface area is 188 Å². The van der Waals surface area contributed by atoms with Gasteiger partial charge in [0.1, 0.15) is 6.10 Å². The number of Topliss-reactive ketones (excluding diaryl/α,β-unsaturated/α-hetero) is 1. The summed E-state index contributed by atoms with van der Waals surface area (Å²) in [5, 5.41) is 9.30. The van der Waals surface area contributed by atoms with Gasteiger partial charge in [0.25, 0.3) is 0 Å². The minimum absolute atomic E-state index is 0.00416. The topological polar surface area (TPSA) is 63.6 Å². The summed E-state index contributed by atoms with van der Waals surface area (Å²) in [6.45, 7) is 11.2. The van der Waals surface area contributed by atoms with Crippen molar-refractivity contribution >= 4 is 11.8 Å².